The number of para-hydroxylation sites is 1. The van der Waals surface area contributed by atoms with E-state index in [9.17, 15) is 4.79 Å². The molecule has 0 spiro atoms. The van der Waals surface area contributed by atoms with Crippen molar-refractivity contribution in [2.24, 2.45) is 5.92 Å². The normalized spacial score (nSPS) is 14.0. The fourth-order valence-electron chi connectivity index (χ4n) is 3.30. The van der Waals surface area contributed by atoms with Gasteiger partial charge < -0.3 is 4.90 Å². The quantitative estimate of drug-likeness (QED) is 0.551. The van der Waals surface area contributed by atoms with Gasteiger partial charge in [-0.05, 0) is 42.7 Å². The highest BCUT2D eigenvalue weighted by Gasteiger charge is 2.25. The molecular weight excluding hydrogens is 314 g/mol. The molecule has 0 amide bonds. The smallest absolute Gasteiger partial charge is 0.150 e. The summed E-state index contributed by atoms with van der Waals surface area (Å²) in [5, 5.41) is 0. The van der Waals surface area contributed by atoms with Gasteiger partial charge in [0.15, 0.2) is 0 Å². The number of anilines is 2. The molecule has 3 heteroatoms. The summed E-state index contributed by atoms with van der Waals surface area (Å²) in [6.45, 7) is 5.60. The molecule has 2 aromatic carbocycles. The summed E-state index contributed by atoms with van der Waals surface area (Å²) in [5.41, 5.74) is 3.28. The maximum Gasteiger partial charge on any atom is 0.150 e. The van der Waals surface area contributed by atoms with Crippen molar-refractivity contribution >= 4 is 29.4 Å². The lowest BCUT2D eigenvalue weighted by molar-refractivity contribution is 0.112. The number of nitrogens with zero attached hydrogens (tertiary/aromatic N) is 1. The number of fused-ring (bicyclic) bond motifs is 2. The number of hydrogen-bond donors (Lipinski definition) is 0. The molecule has 3 rings (SSSR count). The van der Waals surface area contributed by atoms with Crippen molar-refractivity contribution in [2.45, 2.75) is 49.3 Å². The molecule has 0 saturated heterocycles. The van der Waals surface area contributed by atoms with Gasteiger partial charge in [-0.25, -0.2) is 0 Å². The first kappa shape index (κ1) is 17.1. The van der Waals surface area contributed by atoms with E-state index in [0.717, 1.165) is 18.4 Å². The number of carbonyl (C=O) groups excluding carboxylic acids is 1. The van der Waals surface area contributed by atoms with Crippen molar-refractivity contribution in [3.8, 4) is 0 Å². The predicted molar refractivity (Wildman–Crippen MR) is 103 cm³/mol. The average molecular weight is 340 g/mol. The fourth-order valence-corrected chi connectivity index (χ4v) is 4.44. The Labute approximate surface area is 149 Å². The second kappa shape index (κ2) is 7.89. The Bertz CT molecular complexity index is 713. The minimum absolute atomic E-state index is 0.694. The molecule has 1 heterocycles. The Morgan fingerprint density at radius 3 is 2.62 bits per heavy atom. The van der Waals surface area contributed by atoms with Crippen LogP contribution in [0, 0.1) is 5.92 Å². The molecule has 0 bridgehead atoms. The number of rotatable bonds is 7. The Balaban J connectivity index is 1.96. The summed E-state index contributed by atoms with van der Waals surface area (Å²) in [6.07, 6.45) is 5.96. The molecule has 1 unspecified atom stereocenters. The largest absolute Gasteiger partial charge is 0.339 e. The van der Waals surface area contributed by atoms with Crippen LogP contribution >= 0.6 is 11.8 Å². The standard InChI is InChI=1S/C21H25NOS/c1-3-5-8-16(4-2)14-22-18-9-6-7-10-20(18)24-21-13-17(15-23)11-12-19(21)22/h6-7,9-13,15-16H,3-5,8,14H2,1-2H3. The van der Waals surface area contributed by atoms with Crippen LogP contribution in [-0.2, 0) is 0 Å². The maximum absolute atomic E-state index is 11.1. The molecule has 0 aromatic heterocycles. The predicted octanol–water partition coefficient (Wildman–Crippen LogP) is 6.32. The maximum atomic E-state index is 11.1. The minimum Gasteiger partial charge on any atom is -0.339 e. The van der Waals surface area contributed by atoms with E-state index in [1.54, 1.807) is 11.8 Å². The first-order valence-electron chi connectivity index (χ1n) is 8.90. The highest BCUT2D eigenvalue weighted by molar-refractivity contribution is 7.99. The summed E-state index contributed by atoms with van der Waals surface area (Å²) in [5.74, 6) is 0.694. The van der Waals surface area contributed by atoms with Gasteiger partial charge in [-0.3, -0.25) is 4.79 Å². The van der Waals surface area contributed by atoms with Gasteiger partial charge in [0.1, 0.15) is 6.29 Å². The third-order valence-electron chi connectivity index (χ3n) is 4.77. The van der Waals surface area contributed by atoms with Crippen LogP contribution in [0.15, 0.2) is 52.3 Å². The van der Waals surface area contributed by atoms with Gasteiger partial charge >= 0.3 is 0 Å². The van der Waals surface area contributed by atoms with Crippen molar-refractivity contribution in [1.29, 1.82) is 0 Å². The van der Waals surface area contributed by atoms with Crippen LogP contribution in [0.2, 0.25) is 0 Å². The van der Waals surface area contributed by atoms with Gasteiger partial charge in [0.05, 0.1) is 11.4 Å². The lowest BCUT2D eigenvalue weighted by atomic mass is 9.98. The van der Waals surface area contributed by atoms with E-state index in [0.29, 0.717) is 5.92 Å². The first-order chi connectivity index (χ1) is 11.8. The van der Waals surface area contributed by atoms with Crippen molar-refractivity contribution in [3.05, 3.63) is 48.0 Å². The Hall–Kier alpha value is -1.74. The molecule has 24 heavy (non-hydrogen) atoms. The number of unbranched alkanes of at least 4 members (excludes halogenated alkanes) is 1. The zero-order valence-electron chi connectivity index (χ0n) is 14.5. The van der Waals surface area contributed by atoms with Gasteiger partial charge in [-0.1, -0.05) is 57.0 Å². The highest BCUT2D eigenvalue weighted by Crippen LogP contribution is 2.48. The van der Waals surface area contributed by atoms with Crippen LogP contribution in [-0.4, -0.2) is 12.8 Å². The van der Waals surface area contributed by atoms with Gasteiger partial charge in [-0.15, -0.1) is 0 Å². The minimum atomic E-state index is 0.694. The van der Waals surface area contributed by atoms with Crippen LogP contribution in [0.5, 0.6) is 0 Å². The van der Waals surface area contributed by atoms with Crippen LogP contribution < -0.4 is 4.90 Å². The van der Waals surface area contributed by atoms with Crippen LogP contribution in [0.1, 0.15) is 49.9 Å². The van der Waals surface area contributed by atoms with Gasteiger partial charge in [0.25, 0.3) is 0 Å². The number of aldehydes is 1. The van der Waals surface area contributed by atoms with E-state index in [1.807, 2.05) is 12.1 Å². The van der Waals surface area contributed by atoms with E-state index in [-0.39, 0.29) is 0 Å². The van der Waals surface area contributed by atoms with E-state index in [4.69, 9.17) is 0 Å². The van der Waals surface area contributed by atoms with Gasteiger partial charge in [0, 0.05) is 21.9 Å². The monoisotopic (exact) mass is 339 g/mol. The van der Waals surface area contributed by atoms with Crippen molar-refractivity contribution in [1.82, 2.24) is 0 Å². The van der Waals surface area contributed by atoms with Gasteiger partial charge in [-0.2, -0.15) is 0 Å². The van der Waals surface area contributed by atoms with E-state index >= 15 is 0 Å². The molecule has 1 aliphatic heterocycles. The first-order valence-corrected chi connectivity index (χ1v) is 9.72. The number of benzene rings is 2. The van der Waals surface area contributed by atoms with Crippen molar-refractivity contribution in [3.63, 3.8) is 0 Å². The fraction of sp³-hybridized carbons (Fsp3) is 0.381. The van der Waals surface area contributed by atoms with Crippen molar-refractivity contribution in [2.75, 3.05) is 11.4 Å². The van der Waals surface area contributed by atoms with E-state index in [1.165, 1.54) is 46.8 Å². The topological polar surface area (TPSA) is 20.3 Å². The number of hydrogen-bond acceptors (Lipinski definition) is 3. The molecule has 1 aliphatic rings. The Morgan fingerprint density at radius 2 is 1.88 bits per heavy atom. The lowest BCUT2D eigenvalue weighted by Gasteiger charge is -2.35. The van der Waals surface area contributed by atoms with Crippen LogP contribution in [0.25, 0.3) is 0 Å². The molecule has 0 radical (unpaired) electrons. The zero-order valence-corrected chi connectivity index (χ0v) is 15.3. The third kappa shape index (κ3) is 3.51. The lowest BCUT2D eigenvalue weighted by Crippen LogP contribution is -2.27. The molecule has 1 atom stereocenters. The summed E-state index contributed by atoms with van der Waals surface area (Å²) < 4.78 is 0. The van der Waals surface area contributed by atoms with Crippen molar-refractivity contribution < 1.29 is 4.79 Å². The number of carbonyl (C=O) groups is 1. The van der Waals surface area contributed by atoms with Crippen LogP contribution in [0.4, 0.5) is 11.4 Å². The third-order valence-corrected chi connectivity index (χ3v) is 5.88. The molecule has 0 N–H and O–H groups in total. The Morgan fingerprint density at radius 1 is 1.08 bits per heavy atom. The zero-order chi connectivity index (χ0) is 16.9. The molecule has 2 nitrogen and oxygen atoms in total. The average Bonchev–Trinajstić information content (AvgIpc) is 2.63. The SMILES string of the molecule is CCCCC(CC)CN1c2ccccc2Sc2cc(C=O)ccc21. The van der Waals surface area contributed by atoms with Crippen LogP contribution in [0.3, 0.4) is 0 Å². The second-order valence-corrected chi connectivity index (χ2v) is 7.53. The van der Waals surface area contributed by atoms with E-state index < -0.39 is 0 Å². The summed E-state index contributed by atoms with van der Waals surface area (Å²) in [4.78, 5) is 16.1. The molecule has 126 valence electrons. The second-order valence-electron chi connectivity index (χ2n) is 6.44. The molecule has 2 aromatic rings. The summed E-state index contributed by atoms with van der Waals surface area (Å²) in [7, 11) is 0. The molecule has 0 fully saturated rings. The summed E-state index contributed by atoms with van der Waals surface area (Å²) in [6, 6.07) is 14.6. The summed E-state index contributed by atoms with van der Waals surface area (Å²) >= 11 is 1.77. The Kier molecular flexibility index (Phi) is 5.62. The highest BCUT2D eigenvalue weighted by atomic mass is 32.2. The molecule has 0 saturated carbocycles. The van der Waals surface area contributed by atoms with Gasteiger partial charge in [0.2, 0.25) is 0 Å². The molecular formula is C21H25NOS. The molecule has 0 aliphatic carbocycles. The van der Waals surface area contributed by atoms with E-state index in [2.05, 4.69) is 49.1 Å².